The zero-order valence-electron chi connectivity index (χ0n) is 48.6. The lowest BCUT2D eigenvalue weighted by atomic mass is 9.96. The van der Waals surface area contributed by atoms with Crippen LogP contribution in [0.15, 0.2) is 12.2 Å². The summed E-state index contributed by atoms with van der Waals surface area (Å²) in [5.41, 5.74) is 0. The molecule has 3 fully saturated rings. The van der Waals surface area contributed by atoms with Gasteiger partial charge in [0.1, 0.15) is 73.2 Å². The van der Waals surface area contributed by atoms with Crippen LogP contribution in [-0.2, 0) is 33.2 Å². The predicted molar refractivity (Wildman–Crippen MR) is 300 cm³/mol. The maximum Gasteiger partial charge on any atom is 0.220 e. The van der Waals surface area contributed by atoms with Crippen LogP contribution in [0.25, 0.3) is 0 Å². The zero-order valence-corrected chi connectivity index (χ0v) is 48.6. The summed E-state index contributed by atoms with van der Waals surface area (Å²) in [6.07, 6.45) is 18.5. The topological polar surface area (TPSA) is 307 Å². The quantitative estimate of drug-likeness (QED) is 0.0240. The van der Waals surface area contributed by atoms with Crippen LogP contribution in [-0.4, -0.2) is 193 Å². The van der Waals surface area contributed by atoms with Gasteiger partial charge in [-0.25, -0.2) is 0 Å². The van der Waals surface area contributed by atoms with Gasteiger partial charge in [-0.2, -0.15) is 0 Å². The molecule has 19 heteroatoms. The Labute approximate surface area is 474 Å². The van der Waals surface area contributed by atoms with E-state index in [4.69, 9.17) is 28.4 Å². The Bertz CT molecular complexity index is 1500. The van der Waals surface area contributed by atoms with Gasteiger partial charge >= 0.3 is 0 Å². The number of unbranched alkanes of at least 4 members (excludes halogenated alkanes) is 31. The van der Waals surface area contributed by atoms with Crippen LogP contribution in [0.1, 0.15) is 232 Å². The summed E-state index contributed by atoms with van der Waals surface area (Å²) in [4.78, 5) is 13.2. The Morgan fingerprint density at radius 1 is 0.443 bits per heavy atom. The number of nitrogens with one attached hydrogen (secondary N) is 1. The molecular formula is C60H113NO18. The Morgan fingerprint density at radius 2 is 0.785 bits per heavy atom. The molecule has 466 valence electrons. The number of allylic oxidation sites excluding steroid dienone is 1. The van der Waals surface area contributed by atoms with E-state index in [1.807, 2.05) is 6.08 Å². The summed E-state index contributed by atoms with van der Waals surface area (Å²) in [5.74, 6) is -0.277. The summed E-state index contributed by atoms with van der Waals surface area (Å²) in [6.45, 7) is 1.64. The highest BCUT2D eigenvalue weighted by Crippen LogP contribution is 2.33. The molecule has 19 nitrogen and oxygen atoms in total. The first-order chi connectivity index (χ1) is 38.3. The molecule has 3 aliphatic rings. The zero-order chi connectivity index (χ0) is 57.6. The maximum absolute atomic E-state index is 13.2. The minimum Gasteiger partial charge on any atom is -0.394 e. The number of amides is 1. The van der Waals surface area contributed by atoms with Gasteiger partial charge in [0.05, 0.1) is 38.6 Å². The lowest BCUT2D eigenvalue weighted by molar-refractivity contribution is -0.379. The van der Waals surface area contributed by atoms with E-state index in [0.29, 0.717) is 6.42 Å². The van der Waals surface area contributed by atoms with Gasteiger partial charge in [0.25, 0.3) is 0 Å². The van der Waals surface area contributed by atoms with E-state index < -0.39 is 124 Å². The van der Waals surface area contributed by atoms with Gasteiger partial charge in [-0.15, -0.1) is 0 Å². The van der Waals surface area contributed by atoms with Crippen LogP contribution in [0.4, 0.5) is 0 Å². The van der Waals surface area contributed by atoms with Gasteiger partial charge in [0.2, 0.25) is 5.91 Å². The van der Waals surface area contributed by atoms with Crippen molar-refractivity contribution < 1.29 is 89.4 Å². The van der Waals surface area contributed by atoms with Crippen molar-refractivity contribution in [1.29, 1.82) is 0 Å². The van der Waals surface area contributed by atoms with E-state index in [2.05, 4.69) is 19.2 Å². The smallest absolute Gasteiger partial charge is 0.220 e. The number of aliphatic hydroxyl groups excluding tert-OH is 11. The normalized spacial score (nSPS) is 30.3. The van der Waals surface area contributed by atoms with Crippen LogP contribution < -0.4 is 5.32 Å². The average Bonchev–Trinajstić information content (AvgIpc) is 3.48. The summed E-state index contributed by atoms with van der Waals surface area (Å²) in [7, 11) is 0. The number of hydrogen-bond acceptors (Lipinski definition) is 18. The second-order valence-electron chi connectivity index (χ2n) is 22.9. The van der Waals surface area contributed by atoms with Crippen LogP contribution in [0.5, 0.6) is 0 Å². The first-order valence-electron chi connectivity index (χ1n) is 31.4. The van der Waals surface area contributed by atoms with E-state index >= 15 is 0 Å². The molecule has 3 aliphatic heterocycles. The average molecular weight is 1140 g/mol. The third-order valence-electron chi connectivity index (χ3n) is 16.1. The van der Waals surface area contributed by atoms with Crippen molar-refractivity contribution in [2.75, 3.05) is 26.4 Å². The Kier molecular flexibility index (Phi) is 40.1. The molecule has 1 amide bonds. The molecule has 0 aliphatic carbocycles. The lowest BCUT2D eigenvalue weighted by Gasteiger charge is -2.48. The third kappa shape index (κ3) is 27.9. The van der Waals surface area contributed by atoms with E-state index in [0.717, 1.165) is 51.4 Å². The van der Waals surface area contributed by atoms with Crippen molar-refractivity contribution in [3.05, 3.63) is 12.2 Å². The summed E-state index contributed by atoms with van der Waals surface area (Å²) < 4.78 is 34.1. The molecule has 3 heterocycles. The number of aliphatic hydroxyl groups is 11. The van der Waals surface area contributed by atoms with E-state index in [9.17, 15) is 61.0 Å². The first kappa shape index (κ1) is 71.8. The Morgan fingerprint density at radius 3 is 1.19 bits per heavy atom. The molecule has 79 heavy (non-hydrogen) atoms. The molecule has 0 bridgehead atoms. The number of hydrogen-bond donors (Lipinski definition) is 12. The van der Waals surface area contributed by atoms with Crippen LogP contribution >= 0.6 is 0 Å². The van der Waals surface area contributed by atoms with Crippen molar-refractivity contribution in [3.63, 3.8) is 0 Å². The molecule has 0 aromatic heterocycles. The Hall–Kier alpha value is -1.47. The van der Waals surface area contributed by atoms with Crippen LogP contribution in [0.3, 0.4) is 0 Å². The van der Waals surface area contributed by atoms with Gasteiger partial charge in [0, 0.05) is 6.42 Å². The molecule has 17 atom stereocenters. The highest BCUT2D eigenvalue weighted by molar-refractivity contribution is 5.76. The van der Waals surface area contributed by atoms with Gasteiger partial charge in [0.15, 0.2) is 18.9 Å². The largest absolute Gasteiger partial charge is 0.394 e. The fraction of sp³-hybridized carbons (Fsp3) is 0.950. The van der Waals surface area contributed by atoms with Crippen molar-refractivity contribution in [3.8, 4) is 0 Å². The molecule has 0 spiro atoms. The molecule has 0 radical (unpaired) electrons. The summed E-state index contributed by atoms with van der Waals surface area (Å²) >= 11 is 0. The standard InChI is InChI=1S/C60H113NO18/c1-3-5-7-9-11-12-13-14-15-16-17-18-19-20-21-22-23-24-25-26-27-28-29-30-31-32-34-36-38-48(66)61-43(44(65)37-35-33-10-8-6-4-2)42-74-58-54(72)51(69)56(46(40-63)76-58)79-60-55(73)52(70)57(47(41-64)77-60)78-59-53(71)50(68)49(67)45(39-62)75-59/h35,37,43-47,49-60,62-65,67-73H,3-34,36,38-42H2,1-2H3,(H,61,66)/b37-35+. The summed E-state index contributed by atoms with van der Waals surface area (Å²) in [5, 5.41) is 120. The lowest BCUT2D eigenvalue weighted by Crippen LogP contribution is -2.66. The molecule has 3 rings (SSSR count). The number of carbonyl (C=O) groups excluding carboxylic acids is 1. The predicted octanol–water partition coefficient (Wildman–Crippen LogP) is 6.16. The molecule has 0 aromatic rings. The van der Waals surface area contributed by atoms with E-state index in [1.165, 1.54) is 154 Å². The SMILES string of the molecule is CCCCCC/C=C/C(O)C(COC1OC(CO)C(OC2OC(CO)C(OC3OC(CO)C(O)C(O)C3O)C(O)C2O)C(O)C1O)NC(=O)CCCCCCCCCCCCCCCCCCCCCCCCCCCCCC. The van der Waals surface area contributed by atoms with E-state index in [1.54, 1.807) is 6.08 Å². The van der Waals surface area contributed by atoms with Crippen molar-refractivity contribution in [2.45, 2.75) is 336 Å². The van der Waals surface area contributed by atoms with Gasteiger partial charge in [-0.3, -0.25) is 4.79 Å². The number of rotatable bonds is 47. The molecule has 0 aromatic carbocycles. The van der Waals surface area contributed by atoms with Crippen LogP contribution in [0, 0.1) is 0 Å². The van der Waals surface area contributed by atoms with Crippen LogP contribution in [0.2, 0.25) is 0 Å². The highest BCUT2D eigenvalue weighted by atomic mass is 16.8. The molecule has 0 saturated carbocycles. The minimum atomic E-state index is -1.97. The fourth-order valence-corrected chi connectivity index (χ4v) is 10.9. The van der Waals surface area contributed by atoms with Crippen molar-refractivity contribution in [2.24, 2.45) is 0 Å². The molecule has 12 N–H and O–H groups in total. The van der Waals surface area contributed by atoms with Gasteiger partial charge < -0.3 is 89.9 Å². The second-order valence-corrected chi connectivity index (χ2v) is 22.9. The minimum absolute atomic E-state index is 0.248. The summed E-state index contributed by atoms with van der Waals surface area (Å²) in [6, 6.07) is -0.964. The van der Waals surface area contributed by atoms with Gasteiger partial charge in [-0.05, 0) is 19.3 Å². The monoisotopic (exact) mass is 1140 g/mol. The van der Waals surface area contributed by atoms with E-state index in [-0.39, 0.29) is 18.9 Å². The maximum atomic E-state index is 13.2. The third-order valence-corrected chi connectivity index (χ3v) is 16.1. The highest BCUT2D eigenvalue weighted by Gasteiger charge is 2.53. The second kappa shape index (κ2) is 44.1. The molecular weight excluding hydrogens is 1020 g/mol. The van der Waals surface area contributed by atoms with Gasteiger partial charge in [-0.1, -0.05) is 219 Å². The molecule has 17 unspecified atom stereocenters. The number of ether oxygens (including phenoxy) is 6. The Balaban J connectivity index is 1.34. The van der Waals surface area contributed by atoms with Crippen molar-refractivity contribution in [1.82, 2.24) is 5.32 Å². The number of carbonyl (C=O) groups is 1. The fourth-order valence-electron chi connectivity index (χ4n) is 10.9. The van der Waals surface area contributed by atoms with Crippen molar-refractivity contribution >= 4 is 5.91 Å². The first-order valence-corrected chi connectivity index (χ1v) is 31.4. The molecule has 3 saturated heterocycles.